The fourth-order valence-corrected chi connectivity index (χ4v) is 1.30. The average molecular weight is 269 g/mol. The average Bonchev–Trinajstić information content (AvgIpc) is 2.25. The molecule has 18 heavy (non-hydrogen) atoms. The lowest BCUT2D eigenvalue weighted by Gasteiger charge is -2.20. The van der Waals surface area contributed by atoms with Gasteiger partial charge in [0.1, 0.15) is 0 Å². The molecule has 1 rings (SSSR count). The molecule has 0 aliphatic carbocycles. The molecule has 0 unspecified atom stereocenters. The van der Waals surface area contributed by atoms with Crippen molar-refractivity contribution in [1.29, 1.82) is 0 Å². The second kappa shape index (κ2) is 5.36. The molecule has 0 spiro atoms. The number of halogens is 5. The van der Waals surface area contributed by atoms with Crippen molar-refractivity contribution >= 4 is 11.6 Å². The van der Waals surface area contributed by atoms with Gasteiger partial charge in [-0.1, -0.05) is 0 Å². The summed E-state index contributed by atoms with van der Waals surface area (Å²) in [5, 5.41) is 2.39. The van der Waals surface area contributed by atoms with Crippen LogP contribution in [0.25, 0.3) is 0 Å². The van der Waals surface area contributed by atoms with E-state index >= 15 is 0 Å². The zero-order valence-electron chi connectivity index (χ0n) is 9.78. The van der Waals surface area contributed by atoms with Gasteiger partial charge in [-0.25, -0.2) is 13.8 Å². The maximum atomic E-state index is 13.4. The van der Waals surface area contributed by atoms with E-state index in [-0.39, 0.29) is 11.6 Å². The molecule has 0 bridgehead atoms. The van der Waals surface area contributed by atoms with Gasteiger partial charge in [-0.15, -0.1) is 0 Å². The van der Waals surface area contributed by atoms with Crippen LogP contribution in [0.2, 0.25) is 0 Å². The Morgan fingerprint density at radius 2 is 1.89 bits per heavy atom. The van der Waals surface area contributed by atoms with Crippen LogP contribution in [-0.4, -0.2) is 31.8 Å². The van der Waals surface area contributed by atoms with E-state index in [1.165, 1.54) is 14.1 Å². The molecule has 1 aromatic rings. The standard InChI is InChI=1S/C10H12F5N3/c1-16-8-6(11)5-7(12)9(17-8)18(2)4-3-10(13,14)15/h5H,3-4H2,1-2H3,(H,16,17). The number of hydrogen-bond acceptors (Lipinski definition) is 3. The molecule has 1 aromatic heterocycles. The van der Waals surface area contributed by atoms with Crippen LogP contribution in [-0.2, 0) is 0 Å². The van der Waals surface area contributed by atoms with Gasteiger partial charge >= 0.3 is 6.18 Å². The van der Waals surface area contributed by atoms with Gasteiger partial charge in [0.2, 0.25) is 0 Å². The number of aromatic nitrogens is 1. The molecule has 1 heterocycles. The second-order valence-electron chi connectivity index (χ2n) is 3.66. The molecule has 0 atom stereocenters. The SMILES string of the molecule is CNc1nc(N(C)CCC(F)(F)F)c(F)cc1F. The van der Waals surface area contributed by atoms with Gasteiger partial charge in [-0.2, -0.15) is 13.2 Å². The van der Waals surface area contributed by atoms with Gasteiger partial charge in [0.15, 0.2) is 23.3 Å². The minimum Gasteiger partial charge on any atom is -0.371 e. The minimum absolute atomic E-state index is 0.217. The highest BCUT2D eigenvalue weighted by atomic mass is 19.4. The van der Waals surface area contributed by atoms with E-state index in [1.807, 2.05) is 0 Å². The summed E-state index contributed by atoms with van der Waals surface area (Å²) in [6, 6.07) is 0.582. The first-order valence-electron chi connectivity index (χ1n) is 5.06. The third kappa shape index (κ3) is 3.71. The quantitative estimate of drug-likeness (QED) is 0.852. The minimum atomic E-state index is -4.34. The summed E-state index contributed by atoms with van der Waals surface area (Å²) in [4.78, 5) is 4.58. The molecule has 0 radical (unpaired) electrons. The Morgan fingerprint density at radius 3 is 2.39 bits per heavy atom. The summed E-state index contributed by atoms with van der Waals surface area (Å²) in [6.07, 6.45) is -5.44. The predicted molar refractivity (Wildman–Crippen MR) is 57.6 cm³/mol. The molecule has 0 fully saturated rings. The van der Waals surface area contributed by atoms with Crippen LogP contribution in [0.3, 0.4) is 0 Å². The summed E-state index contributed by atoms with van der Waals surface area (Å²) in [6.45, 7) is -0.456. The first-order valence-corrected chi connectivity index (χ1v) is 5.06. The van der Waals surface area contributed by atoms with E-state index in [0.717, 1.165) is 4.90 Å². The van der Waals surface area contributed by atoms with Crippen molar-refractivity contribution in [2.24, 2.45) is 0 Å². The van der Waals surface area contributed by atoms with Crippen molar-refractivity contribution in [3.05, 3.63) is 17.7 Å². The van der Waals surface area contributed by atoms with Crippen molar-refractivity contribution in [3.63, 3.8) is 0 Å². The molecule has 0 amide bonds. The van der Waals surface area contributed by atoms with E-state index < -0.39 is 30.8 Å². The predicted octanol–water partition coefficient (Wildman–Crippen LogP) is 2.79. The number of nitrogens with zero attached hydrogens (tertiary/aromatic N) is 2. The van der Waals surface area contributed by atoms with E-state index in [1.54, 1.807) is 0 Å². The van der Waals surface area contributed by atoms with Crippen LogP contribution in [0.15, 0.2) is 6.07 Å². The van der Waals surface area contributed by atoms with Crippen LogP contribution in [0, 0.1) is 11.6 Å². The maximum Gasteiger partial charge on any atom is 0.390 e. The van der Waals surface area contributed by atoms with Crippen LogP contribution >= 0.6 is 0 Å². The van der Waals surface area contributed by atoms with Gasteiger partial charge in [-0.3, -0.25) is 0 Å². The number of hydrogen-bond donors (Lipinski definition) is 1. The largest absolute Gasteiger partial charge is 0.390 e. The summed E-state index contributed by atoms with van der Waals surface area (Å²) in [7, 11) is 2.64. The summed E-state index contributed by atoms with van der Waals surface area (Å²) < 4.78 is 62.6. The zero-order valence-corrected chi connectivity index (χ0v) is 9.78. The molecule has 0 saturated carbocycles. The molecule has 102 valence electrons. The van der Waals surface area contributed by atoms with E-state index in [9.17, 15) is 22.0 Å². The Labute approximate surface area is 101 Å². The number of nitrogens with one attached hydrogen (secondary N) is 1. The summed E-state index contributed by atoms with van der Waals surface area (Å²) >= 11 is 0. The van der Waals surface area contributed by atoms with Crippen molar-refractivity contribution in [2.45, 2.75) is 12.6 Å². The van der Waals surface area contributed by atoms with Gasteiger partial charge in [-0.05, 0) is 0 Å². The van der Waals surface area contributed by atoms with Crippen LogP contribution in [0.5, 0.6) is 0 Å². The number of alkyl halides is 3. The van der Waals surface area contributed by atoms with Crippen LogP contribution in [0.1, 0.15) is 6.42 Å². The lowest BCUT2D eigenvalue weighted by molar-refractivity contribution is -0.132. The summed E-state index contributed by atoms with van der Waals surface area (Å²) in [5.41, 5.74) is 0. The number of rotatable bonds is 4. The number of anilines is 2. The second-order valence-corrected chi connectivity index (χ2v) is 3.66. The van der Waals surface area contributed by atoms with Crippen LogP contribution in [0.4, 0.5) is 33.6 Å². The third-order valence-corrected chi connectivity index (χ3v) is 2.24. The molecule has 1 N–H and O–H groups in total. The first-order chi connectivity index (χ1) is 8.24. The lowest BCUT2D eigenvalue weighted by atomic mass is 10.3. The fraction of sp³-hybridized carbons (Fsp3) is 0.500. The van der Waals surface area contributed by atoms with Gasteiger partial charge in [0, 0.05) is 26.7 Å². The monoisotopic (exact) mass is 269 g/mol. The van der Waals surface area contributed by atoms with E-state index in [4.69, 9.17) is 0 Å². The van der Waals surface area contributed by atoms with E-state index in [0.29, 0.717) is 6.07 Å². The molecule has 0 aliphatic heterocycles. The Morgan fingerprint density at radius 1 is 1.28 bits per heavy atom. The lowest BCUT2D eigenvalue weighted by Crippen LogP contribution is -2.26. The highest BCUT2D eigenvalue weighted by Crippen LogP contribution is 2.24. The van der Waals surface area contributed by atoms with Crippen molar-refractivity contribution in [3.8, 4) is 0 Å². The smallest absolute Gasteiger partial charge is 0.371 e. The molecule has 0 saturated heterocycles. The Kier molecular flexibility index (Phi) is 4.31. The molecular weight excluding hydrogens is 257 g/mol. The van der Waals surface area contributed by atoms with Gasteiger partial charge in [0.25, 0.3) is 0 Å². The van der Waals surface area contributed by atoms with Crippen molar-refractivity contribution < 1.29 is 22.0 Å². The van der Waals surface area contributed by atoms with Crippen molar-refractivity contribution in [1.82, 2.24) is 4.98 Å². The first kappa shape index (κ1) is 14.5. The topological polar surface area (TPSA) is 28.2 Å². The zero-order chi connectivity index (χ0) is 13.9. The normalized spacial score (nSPS) is 11.5. The van der Waals surface area contributed by atoms with Gasteiger partial charge in [0.05, 0.1) is 6.42 Å². The molecule has 0 aromatic carbocycles. The third-order valence-electron chi connectivity index (χ3n) is 2.24. The highest BCUT2D eigenvalue weighted by molar-refractivity contribution is 5.48. The Balaban J connectivity index is 2.88. The molecule has 8 heteroatoms. The number of pyridine rings is 1. The van der Waals surface area contributed by atoms with Crippen molar-refractivity contribution in [2.75, 3.05) is 30.9 Å². The Bertz CT molecular complexity index is 419. The van der Waals surface area contributed by atoms with Crippen LogP contribution < -0.4 is 10.2 Å². The molecule has 0 aliphatic rings. The highest BCUT2D eigenvalue weighted by Gasteiger charge is 2.28. The maximum absolute atomic E-state index is 13.4. The van der Waals surface area contributed by atoms with Gasteiger partial charge < -0.3 is 10.2 Å². The Hall–Kier alpha value is -1.60. The molecule has 3 nitrogen and oxygen atoms in total. The van der Waals surface area contributed by atoms with E-state index in [2.05, 4.69) is 10.3 Å². The fourth-order valence-electron chi connectivity index (χ4n) is 1.30. The molecular formula is C10H12F5N3. The summed E-state index contributed by atoms with van der Waals surface area (Å²) in [5.74, 6) is -2.45.